The molecular weight excluding hydrogens is 467 g/mol. The minimum atomic E-state index is 0. The summed E-state index contributed by atoms with van der Waals surface area (Å²) >= 11 is 0. The largest absolute Gasteiger partial charge is 0.379 e. The SMILES string of the molecule is CCC(CC)C(CNC(=NC)NCCCOCC1CCCO1)N1CCCC1.I. The zero-order chi connectivity index (χ0) is 19.3. The van der Waals surface area contributed by atoms with Crippen LogP contribution in [0.3, 0.4) is 0 Å². The van der Waals surface area contributed by atoms with Gasteiger partial charge in [-0.05, 0) is 51.1 Å². The Morgan fingerprint density at radius 2 is 1.93 bits per heavy atom. The number of halogens is 1. The van der Waals surface area contributed by atoms with Crippen LogP contribution in [0.4, 0.5) is 0 Å². The van der Waals surface area contributed by atoms with E-state index in [4.69, 9.17) is 9.47 Å². The maximum atomic E-state index is 5.73. The van der Waals surface area contributed by atoms with Gasteiger partial charge in [-0.2, -0.15) is 0 Å². The number of hydrogen-bond acceptors (Lipinski definition) is 4. The van der Waals surface area contributed by atoms with E-state index in [9.17, 15) is 0 Å². The molecule has 2 N–H and O–H groups in total. The van der Waals surface area contributed by atoms with E-state index in [-0.39, 0.29) is 24.0 Å². The molecule has 2 heterocycles. The molecule has 2 atom stereocenters. The van der Waals surface area contributed by atoms with Gasteiger partial charge < -0.3 is 20.1 Å². The van der Waals surface area contributed by atoms with Crippen LogP contribution in [-0.2, 0) is 9.47 Å². The van der Waals surface area contributed by atoms with Gasteiger partial charge in [-0.25, -0.2) is 0 Å². The Kier molecular flexibility index (Phi) is 14.5. The normalized spacial score (nSPS) is 21.7. The molecule has 2 saturated heterocycles. The summed E-state index contributed by atoms with van der Waals surface area (Å²) in [7, 11) is 1.85. The molecular formula is C21H43IN4O2. The second-order valence-corrected chi connectivity index (χ2v) is 7.83. The van der Waals surface area contributed by atoms with Crippen molar-refractivity contribution in [3.63, 3.8) is 0 Å². The Labute approximate surface area is 189 Å². The molecule has 28 heavy (non-hydrogen) atoms. The fourth-order valence-electron chi connectivity index (χ4n) is 4.29. The van der Waals surface area contributed by atoms with Crippen LogP contribution in [0.1, 0.15) is 58.8 Å². The third-order valence-electron chi connectivity index (χ3n) is 5.99. The lowest BCUT2D eigenvalue weighted by atomic mass is 9.93. The zero-order valence-electron chi connectivity index (χ0n) is 18.3. The van der Waals surface area contributed by atoms with Crippen molar-refractivity contribution >= 4 is 29.9 Å². The standard InChI is InChI=1S/C21H42N4O2.HI/c1-4-18(5-2)20(25-12-6-7-13-25)16-24-21(22-3)23-11-9-14-26-17-19-10-8-15-27-19;/h18-20H,4-17H2,1-3H3,(H2,22,23,24);1H. The number of aliphatic imine (C=N–C) groups is 1. The van der Waals surface area contributed by atoms with Crippen LogP contribution in [0.25, 0.3) is 0 Å². The summed E-state index contributed by atoms with van der Waals surface area (Å²) in [5.74, 6) is 1.66. The number of nitrogens with zero attached hydrogens (tertiary/aromatic N) is 2. The molecule has 2 unspecified atom stereocenters. The lowest BCUT2D eigenvalue weighted by Crippen LogP contribution is -2.49. The van der Waals surface area contributed by atoms with E-state index in [2.05, 4.69) is 34.4 Å². The van der Waals surface area contributed by atoms with E-state index in [0.717, 1.165) is 57.6 Å². The first kappa shape index (κ1) is 25.9. The average Bonchev–Trinajstić information content (AvgIpc) is 3.40. The molecule has 2 fully saturated rings. The summed E-state index contributed by atoms with van der Waals surface area (Å²) < 4.78 is 11.3. The molecule has 0 bridgehead atoms. The zero-order valence-corrected chi connectivity index (χ0v) is 20.6. The summed E-state index contributed by atoms with van der Waals surface area (Å²) in [6.07, 6.45) is 8.79. The number of hydrogen-bond donors (Lipinski definition) is 2. The third-order valence-corrected chi connectivity index (χ3v) is 5.99. The van der Waals surface area contributed by atoms with Crippen LogP contribution < -0.4 is 10.6 Å². The summed E-state index contributed by atoms with van der Waals surface area (Å²) in [5.41, 5.74) is 0. The van der Waals surface area contributed by atoms with Gasteiger partial charge in [0, 0.05) is 39.4 Å². The predicted octanol–water partition coefficient (Wildman–Crippen LogP) is 3.26. The van der Waals surface area contributed by atoms with Crippen molar-refractivity contribution < 1.29 is 9.47 Å². The minimum Gasteiger partial charge on any atom is -0.379 e. The highest BCUT2D eigenvalue weighted by atomic mass is 127. The predicted molar refractivity (Wildman–Crippen MR) is 128 cm³/mol. The van der Waals surface area contributed by atoms with Crippen molar-refractivity contribution in [2.75, 3.05) is 53.0 Å². The molecule has 0 aliphatic carbocycles. The van der Waals surface area contributed by atoms with Gasteiger partial charge in [0.2, 0.25) is 0 Å². The first-order valence-electron chi connectivity index (χ1n) is 11.2. The van der Waals surface area contributed by atoms with E-state index >= 15 is 0 Å². The second kappa shape index (κ2) is 15.7. The first-order valence-corrected chi connectivity index (χ1v) is 11.2. The van der Waals surface area contributed by atoms with Crippen molar-refractivity contribution in [3.8, 4) is 0 Å². The van der Waals surface area contributed by atoms with Crippen molar-refractivity contribution in [2.24, 2.45) is 10.9 Å². The van der Waals surface area contributed by atoms with E-state index < -0.39 is 0 Å². The summed E-state index contributed by atoms with van der Waals surface area (Å²) in [6, 6.07) is 0.607. The summed E-state index contributed by atoms with van der Waals surface area (Å²) in [6.45, 7) is 11.4. The maximum absolute atomic E-state index is 5.73. The molecule has 0 spiro atoms. The molecule has 0 amide bonds. The molecule has 0 saturated carbocycles. The van der Waals surface area contributed by atoms with Gasteiger partial charge in [0.15, 0.2) is 5.96 Å². The summed E-state index contributed by atoms with van der Waals surface area (Å²) in [4.78, 5) is 7.07. The lowest BCUT2D eigenvalue weighted by Gasteiger charge is -2.34. The Balaban J connectivity index is 0.00000392. The smallest absolute Gasteiger partial charge is 0.191 e. The number of guanidine groups is 1. The molecule has 6 nitrogen and oxygen atoms in total. The van der Waals surface area contributed by atoms with Crippen LogP contribution in [0.5, 0.6) is 0 Å². The molecule has 0 aromatic heterocycles. The maximum Gasteiger partial charge on any atom is 0.191 e. The van der Waals surface area contributed by atoms with Gasteiger partial charge >= 0.3 is 0 Å². The Morgan fingerprint density at radius 1 is 1.18 bits per heavy atom. The topological polar surface area (TPSA) is 58.1 Å². The number of rotatable bonds is 12. The van der Waals surface area contributed by atoms with E-state index in [1.54, 1.807) is 0 Å². The molecule has 0 aromatic rings. The van der Waals surface area contributed by atoms with Crippen LogP contribution in [0, 0.1) is 5.92 Å². The van der Waals surface area contributed by atoms with Crippen LogP contribution >= 0.6 is 24.0 Å². The molecule has 0 radical (unpaired) electrons. The van der Waals surface area contributed by atoms with Gasteiger partial charge in [-0.1, -0.05) is 26.7 Å². The van der Waals surface area contributed by atoms with E-state index in [1.165, 1.54) is 45.2 Å². The quantitative estimate of drug-likeness (QED) is 0.183. The minimum absolute atomic E-state index is 0. The van der Waals surface area contributed by atoms with Crippen molar-refractivity contribution in [1.29, 1.82) is 0 Å². The molecule has 166 valence electrons. The fraction of sp³-hybridized carbons (Fsp3) is 0.952. The fourth-order valence-corrected chi connectivity index (χ4v) is 4.29. The van der Waals surface area contributed by atoms with Crippen molar-refractivity contribution in [2.45, 2.75) is 70.9 Å². The molecule has 2 aliphatic heterocycles. The third kappa shape index (κ3) is 9.13. The number of nitrogens with one attached hydrogen (secondary N) is 2. The highest BCUT2D eigenvalue weighted by molar-refractivity contribution is 14.0. The van der Waals surface area contributed by atoms with Crippen molar-refractivity contribution in [1.82, 2.24) is 15.5 Å². The van der Waals surface area contributed by atoms with Crippen LogP contribution in [0.2, 0.25) is 0 Å². The number of likely N-dealkylation sites (tertiary alicyclic amines) is 1. The Hall–Kier alpha value is -0.120. The monoisotopic (exact) mass is 510 g/mol. The van der Waals surface area contributed by atoms with Gasteiger partial charge in [-0.3, -0.25) is 9.89 Å². The number of ether oxygens (including phenoxy) is 2. The Morgan fingerprint density at radius 3 is 2.54 bits per heavy atom. The van der Waals surface area contributed by atoms with Crippen molar-refractivity contribution in [3.05, 3.63) is 0 Å². The van der Waals surface area contributed by atoms with Gasteiger partial charge in [0.05, 0.1) is 12.7 Å². The first-order chi connectivity index (χ1) is 13.3. The molecule has 2 rings (SSSR count). The lowest BCUT2D eigenvalue weighted by molar-refractivity contribution is 0.0168. The molecule has 7 heteroatoms. The highest BCUT2D eigenvalue weighted by Gasteiger charge is 2.27. The highest BCUT2D eigenvalue weighted by Crippen LogP contribution is 2.22. The summed E-state index contributed by atoms with van der Waals surface area (Å²) in [5, 5.41) is 7.00. The van der Waals surface area contributed by atoms with Crippen LogP contribution in [0.15, 0.2) is 4.99 Å². The van der Waals surface area contributed by atoms with Gasteiger partial charge in [0.25, 0.3) is 0 Å². The van der Waals surface area contributed by atoms with E-state index in [0.29, 0.717) is 12.1 Å². The average molecular weight is 511 g/mol. The Bertz CT molecular complexity index is 407. The van der Waals surface area contributed by atoms with E-state index in [1.807, 2.05) is 7.05 Å². The molecule has 0 aromatic carbocycles. The molecule has 2 aliphatic rings. The van der Waals surface area contributed by atoms with Crippen LogP contribution in [-0.4, -0.2) is 76.1 Å². The van der Waals surface area contributed by atoms with Gasteiger partial charge in [0.1, 0.15) is 0 Å². The second-order valence-electron chi connectivity index (χ2n) is 7.83. The van der Waals surface area contributed by atoms with Gasteiger partial charge in [-0.15, -0.1) is 24.0 Å².